The number of hydrogen-bond acceptors (Lipinski definition) is 3. The number of likely N-dealkylation sites (tertiary alicyclic amines) is 1. The molecule has 0 aliphatic carbocycles. The molecule has 0 aromatic heterocycles. The van der Waals surface area contributed by atoms with Gasteiger partial charge in [-0.05, 0) is 43.6 Å². The summed E-state index contributed by atoms with van der Waals surface area (Å²) in [6, 6.07) is 0.226. The lowest BCUT2D eigenvalue weighted by Gasteiger charge is -2.45. The van der Waals surface area contributed by atoms with Gasteiger partial charge in [0.25, 0.3) is 0 Å². The summed E-state index contributed by atoms with van der Waals surface area (Å²) in [4.78, 5) is 26.4. The molecule has 21 heavy (non-hydrogen) atoms. The number of amides is 2. The fraction of sp³-hybridized carbons (Fsp3) is 0.875. The summed E-state index contributed by atoms with van der Waals surface area (Å²) in [6.45, 7) is 6.90. The smallest absolute Gasteiger partial charge is 0.240 e. The van der Waals surface area contributed by atoms with Gasteiger partial charge < -0.3 is 15.5 Å². The van der Waals surface area contributed by atoms with E-state index in [0.29, 0.717) is 12.3 Å². The molecule has 5 nitrogen and oxygen atoms in total. The fourth-order valence-corrected chi connectivity index (χ4v) is 4.13. The Morgan fingerprint density at radius 1 is 1.33 bits per heavy atom. The minimum Gasteiger partial charge on any atom is -0.353 e. The van der Waals surface area contributed by atoms with Crippen LogP contribution in [0.3, 0.4) is 0 Å². The Hall–Kier alpha value is -1.10. The maximum absolute atomic E-state index is 12.9. The molecule has 0 saturated carbocycles. The van der Waals surface area contributed by atoms with Crippen molar-refractivity contribution >= 4 is 11.8 Å². The van der Waals surface area contributed by atoms with E-state index in [0.717, 1.165) is 45.3 Å². The molecule has 3 unspecified atom stereocenters. The zero-order valence-electron chi connectivity index (χ0n) is 13.2. The molecule has 0 radical (unpaired) electrons. The first-order chi connectivity index (χ1) is 9.97. The number of carbonyl (C=O) groups excluding carboxylic acids is 2. The average Bonchev–Trinajstić information content (AvgIpc) is 2.45. The Kier molecular flexibility index (Phi) is 3.95. The Labute approximate surface area is 126 Å². The zero-order valence-corrected chi connectivity index (χ0v) is 13.2. The first kappa shape index (κ1) is 14.8. The molecule has 3 atom stereocenters. The Morgan fingerprint density at radius 2 is 2.14 bits per heavy atom. The number of nitrogens with one attached hydrogen (secondary N) is 2. The third-order valence-electron chi connectivity index (χ3n) is 5.51. The van der Waals surface area contributed by atoms with E-state index in [1.54, 1.807) is 0 Å². The quantitative estimate of drug-likeness (QED) is 0.755. The van der Waals surface area contributed by atoms with E-state index in [1.165, 1.54) is 0 Å². The van der Waals surface area contributed by atoms with Gasteiger partial charge in [0.05, 0.1) is 6.04 Å². The van der Waals surface area contributed by atoms with Crippen molar-refractivity contribution in [1.82, 2.24) is 15.5 Å². The van der Waals surface area contributed by atoms with Crippen LogP contribution < -0.4 is 10.6 Å². The van der Waals surface area contributed by atoms with Crippen molar-refractivity contribution in [2.24, 2.45) is 11.3 Å². The molecular formula is C16H27N3O2. The highest BCUT2D eigenvalue weighted by atomic mass is 16.2. The molecule has 0 aromatic rings. The fourth-order valence-electron chi connectivity index (χ4n) is 4.13. The van der Waals surface area contributed by atoms with Crippen LogP contribution in [0.4, 0.5) is 0 Å². The average molecular weight is 293 g/mol. The summed E-state index contributed by atoms with van der Waals surface area (Å²) in [5, 5.41) is 6.51. The molecule has 2 N–H and O–H groups in total. The van der Waals surface area contributed by atoms with Gasteiger partial charge in [-0.15, -0.1) is 0 Å². The SMILES string of the molecule is CC1(C)CCCNC1C(=O)N1CCC2NC(=O)CCC2C1. The van der Waals surface area contributed by atoms with E-state index >= 15 is 0 Å². The van der Waals surface area contributed by atoms with Crippen molar-refractivity contribution in [3.05, 3.63) is 0 Å². The Balaban J connectivity index is 1.65. The lowest BCUT2D eigenvalue weighted by atomic mass is 9.76. The van der Waals surface area contributed by atoms with Crippen molar-refractivity contribution in [1.29, 1.82) is 0 Å². The molecule has 3 aliphatic heterocycles. The minimum absolute atomic E-state index is 0.0347. The molecule has 3 fully saturated rings. The van der Waals surface area contributed by atoms with Gasteiger partial charge in [0.1, 0.15) is 0 Å². The highest BCUT2D eigenvalue weighted by Gasteiger charge is 2.42. The predicted octanol–water partition coefficient (Wildman–Crippen LogP) is 0.892. The Bertz CT molecular complexity index is 435. The van der Waals surface area contributed by atoms with Crippen LogP contribution >= 0.6 is 0 Å². The molecule has 0 bridgehead atoms. The second-order valence-electron chi connectivity index (χ2n) is 7.52. The van der Waals surface area contributed by atoms with Gasteiger partial charge in [-0.1, -0.05) is 13.8 Å². The van der Waals surface area contributed by atoms with E-state index in [-0.39, 0.29) is 29.3 Å². The van der Waals surface area contributed by atoms with Crippen molar-refractivity contribution in [3.8, 4) is 0 Å². The van der Waals surface area contributed by atoms with Crippen molar-refractivity contribution in [3.63, 3.8) is 0 Å². The van der Waals surface area contributed by atoms with Crippen molar-refractivity contribution < 1.29 is 9.59 Å². The maximum Gasteiger partial charge on any atom is 0.240 e. The van der Waals surface area contributed by atoms with E-state index in [1.807, 2.05) is 4.90 Å². The van der Waals surface area contributed by atoms with Gasteiger partial charge in [-0.2, -0.15) is 0 Å². The van der Waals surface area contributed by atoms with Crippen LogP contribution in [0, 0.1) is 11.3 Å². The van der Waals surface area contributed by atoms with Crippen LogP contribution in [0.1, 0.15) is 46.0 Å². The van der Waals surface area contributed by atoms with Gasteiger partial charge in [0.2, 0.25) is 11.8 Å². The molecule has 0 aromatic carbocycles. The minimum atomic E-state index is -0.0546. The van der Waals surface area contributed by atoms with Gasteiger partial charge in [0, 0.05) is 25.6 Å². The number of fused-ring (bicyclic) bond motifs is 1. The van der Waals surface area contributed by atoms with Crippen molar-refractivity contribution in [2.45, 2.75) is 58.0 Å². The van der Waals surface area contributed by atoms with E-state index < -0.39 is 0 Å². The largest absolute Gasteiger partial charge is 0.353 e. The lowest BCUT2D eigenvalue weighted by molar-refractivity contribution is -0.140. The second-order valence-corrected chi connectivity index (χ2v) is 7.52. The van der Waals surface area contributed by atoms with Gasteiger partial charge in [-0.25, -0.2) is 0 Å². The van der Waals surface area contributed by atoms with Gasteiger partial charge >= 0.3 is 0 Å². The number of nitrogens with zero attached hydrogens (tertiary/aromatic N) is 1. The second kappa shape index (κ2) is 5.59. The summed E-state index contributed by atoms with van der Waals surface area (Å²) in [7, 11) is 0. The van der Waals surface area contributed by atoms with Gasteiger partial charge in [0.15, 0.2) is 0 Å². The topological polar surface area (TPSA) is 61.4 Å². The number of hydrogen-bond donors (Lipinski definition) is 2. The summed E-state index contributed by atoms with van der Waals surface area (Å²) >= 11 is 0. The van der Waals surface area contributed by atoms with E-state index in [4.69, 9.17) is 0 Å². The standard InChI is InChI=1S/C16H27N3O2/c1-16(2)7-3-8-17-14(16)15(21)19-9-6-12-11(10-19)4-5-13(20)18-12/h11-12,14,17H,3-10H2,1-2H3,(H,18,20). The first-order valence-electron chi connectivity index (χ1n) is 8.29. The first-order valence-corrected chi connectivity index (χ1v) is 8.29. The molecule has 3 aliphatic rings. The van der Waals surface area contributed by atoms with Crippen LogP contribution in [-0.4, -0.2) is 48.4 Å². The molecule has 118 valence electrons. The van der Waals surface area contributed by atoms with E-state index in [2.05, 4.69) is 24.5 Å². The van der Waals surface area contributed by atoms with E-state index in [9.17, 15) is 9.59 Å². The van der Waals surface area contributed by atoms with Crippen molar-refractivity contribution in [2.75, 3.05) is 19.6 Å². The van der Waals surface area contributed by atoms with Crippen LogP contribution in [0.25, 0.3) is 0 Å². The molecule has 3 rings (SSSR count). The van der Waals surface area contributed by atoms with Crippen LogP contribution in [0.15, 0.2) is 0 Å². The zero-order chi connectivity index (χ0) is 15.0. The molecule has 5 heteroatoms. The predicted molar refractivity (Wildman–Crippen MR) is 80.7 cm³/mol. The highest BCUT2D eigenvalue weighted by Crippen LogP contribution is 2.33. The van der Waals surface area contributed by atoms with Crippen LogP contribution in [0.5, 0.6) is 0 Å². The maximum atomic E-state index is 12.9. The number of rotatable bonds is 1. The summed E-state index contributed by atoms with van der Waals surface area (Å²) < 4.78 is 0. The molecule has 0 spiro atoms. The Morgan fingerprint density at radius 3 is 2.90 bits per heavy atom. The molecular weight excluding hydrogens is 266 g/mol. The third kappa shape index (κ3) is 2.93. The van der Waals surface area contributed by atoms with Crippen LogP contribution in [0.2, 0.25) is 0 Å². The normalized spacial score (nSPS) is 35.8. The molecule has 3 saturated heterocycles. The number of carbonyl (C=O) groups is 2. The highest BCUT2D eigenvalue weighted by molar-refractivity contribution is 5.83. The molecule has 3 heterocycles. The summed E-state index contributed by atoms with van der Waals surface area (Å²) in [6.07, 6.45) is 4.67. The van der Waals surface area contributed by atoms with Gasteiger partial charge in [-0.3, -0.25) is 9.59 Å². The summed E-state index contributed by atoms with van der Waals surface area (Å²) in [5.74, 6) is 0.869. The lowest BCUT2D eigenvalue weighted by Crippen LogP contribution is -2.61. The molecule has 2 amide bonds. The van der Waals surface area contributed by atoms with Crippen LogP contribution in [-0.2, 0) is 9.59 Å². The third-order valence-corrected chi connectivity index (χ3v) is 5.51. The monoisotopic (exact) mass is 293 g/mol. The number of piperidine rings is 3. The summed E-state index contributed by atoms with van der Waals surface area (Å²) in [5.41, 5.74) is 0.0347.